The molecule has 222 valence electrons. The molecular weight excluding hydrogens is 584 g/mol. The smallest absolute Gasteiger partial charge is 0.417 e. The van der Waals surface area contributed by atoms with Gasteiger partial charge in [-0.15, -0.1) is 0 Å². The quantitative estimate of drug-likeness (QED) is 0.210. The highest BCUT2D eigenvalue weighted by Gasteiger charge is 2.52. The fraction of sp³-hybridized carbons (Fsp3) is 0.375. The Bertz CT molecular complexity index is 1460. The molecule has 1 aliphatic heterocycles. The van der Waals surface area contributed by atoms with E-state index in [0.717, 1.165) is 43.3 Å². The highest BCUT2D eigenvalue weighted by Crippen LogP contribution is 2.34. The van der Waals surface area contributed by atoms with Gasteiger partial charge in [0.25, 0.3) is 5.91 Å². The van der Waals surface area contributed by atoms with Crippen LogP contribution in [0.4, 0.5) is 23.2 Å². The fourth-order valence-electron chi connectivity index (χ4n) is 3.86. The van der Waals surface area contributed by atoms with E-state index in [2.05, 4.69) is 0 Å². The molecule has 17 heteroatoms. The minimum absolute atomic E-state index is 0.401. The number of rotatable bonds is 8. The Morgan fingerprint density at radius 1 is 1.07 bits per heavy atom. The third-order valence-electron chi connectivity index (χ3n) is 6.01. The molecular formula is C24H22F4N2O10S. The Morgan fingerprint density at radius 2 is 1.68 bits per heavy atom. The van der Waals surface area contributed by atoms with Crippen LogP contribution in [0.1, 0.15) is 18.1 Å². The highest BCUT2D eigenvalue weighted by atomic mass is 32.2. The van der Waals surface area contributed by atoms with Gasteiger partial charge >= 0.3 is 12.1 Å². The topological polar surface area (TPSA) is 203 Å². The van der Waals surface area contributed by atoms with E-state index in [1.54, 1.807) is 0 Å². The summed E-state index contributed by atoms with van der Waals surface area (Å²) in [6, 6.07) is 6.70. The molecule has 1 aliphatic rings. The van der Waals surface area contributed by atoms with Crippen LogP contribution >= 0.6 is 0 Å². The van der Waals surface area contributed by atoms with E-state index in [9.17, 15) is 56.0 Å². The van der Waals surface area contributed by atoms with Gasteiger partial charge in [0.05, 0.1) is 27.8 Å². The normalized spacial score (nSPS) is 24.6. The van der Waals surface area contributed by atoms with Gasteiger partial charge in [0.15, 0.2) is 27.8 Å². The molecule has 2 aromatic carbocycles. The molecule has 1 fully saturated rings. The SMILES string of the molecule is C[C@](CS(=O)(=O)c1ccc(F)cc1)(O[C@@H]1O[C@H](C(=O)O)[C@@H](O)[C@H](O)[C@H]1O)C(=O)Nc1ccc(C#N)c(C(F)(F)F)c1. The third kappa shape index (κ3) is 6.98. The molecule has 0 radical (unpaired) electrons. The van der Waals surface area contributed by atoms with E-state index in [0.29, 0.717) is 6.07 Å². The number of carbonyl (C=O) groups is 2. The molecule has 0 aliphatic carbocycles. The summed E-state index contributed by atoms with van der Waals surface area (Å²) < 4.78 is 90.3. The summed E-state index contributed by atoms with van der Waals surface area (Å²) in [5.41, 5.74) is -5.46. The van der Waals surface area contributed by atoms with Gasteiger partial charge < -0.3 is 35.2 Å². The van der Waals surface area contributed by atoms with E-state index in [4.69, 9.17) is 14.7 Å². The van der Waals surface area contributed by atoms with Crippen LogP contribution in [0.25, 0.3) is 0 Å². The number of halogens is 4. The third-order valence-corrected chi connectivity index (χ3v) is 7.93. The zero-order valence-corrected chi connectivity index (χ0v) is 21.6. The summed E-state index contributed by atoms with van der Waals surface area (Å²) in [7, 11) is -4.58. The van der Waals surface area contributed by atoms with E-state index < -0.39 is 97.5 Å². The van der Waals surface area contributed by atoms with Crippen molar-refractivity contribution in [1.82, 2.24) is 0 Å². The van der Waals surface area contributed by atoms with Gasteiger partial charge in [-0.3, -0.25) is 4.79 Å². The molecule has 5 N–H and O–H groups in total. The number of aliphatic hydroxyl groups excluding tert-OH is 3. The lowest BCUT2D eigenvalue weighted by Gasteiger charge is -2.42. The van der Waals surface area contributed by atoms with Gasteiger partial charge in [0, 0.05) is 5.69 Å². The minimum atomic E-state index is -5.01. The number of alkyl halides is 3. The number of sulfone groups is 1. The van der Waals surface area contributed by atoms with Crippen molar-refractivity contribution in [2.45, 2.75) is 54.3 Å². The van der Waals surface area contributed by atoms with Crippen LogP contribution in [0.5, 0.6) is 0 Å². The molecule has 1 heterocycles. The molecule has 41 heavy (non-hydrogen) atoms. The van der Waals surface area contributed by atoms with Gasteiger partial charge in [-0.2, -0.15) is 18.4 Å². The van der Waals surface area contributed by atoms with Crippen molar-refractivity contribution in [3.63, 3.8) is 0 Å². The Hall–Kier alpha value is -3.66. The minimum Gasteiger partial charge on any atom is -0.479 e. The first-order chi connectivity index (χ1) is 18.9. The van der Waals surface area contributed by atoms with Crippen molar-refractivity contribution < 1.29 is 65.5 Å². The van der Waals surface area contributed by atoms with Crippen molar-refractivity contribution in [3.05, 3.63) is 59.4 Å². The second kappa shape index (κ2) is 11.7. The molecule has 6 atom stereocenters. The second-order valence-electron chi connectivity index (χ2n) is 9.12. The van der Waals surface area contributed by atoms with Gasteiger partial charge in [0.1, 0.15) is 24.1 Å². The average Bonchev–Trinajstić information content (AvgIpc) is 2.88. The van der Waals surface area contributed by atoms with Crippen LogP contribution in [-0.4, -0.2) is 82.8 Å². The monoisotopic (exact) mass is 606 g/mol. The number of ether oxygens (including phenoxy) is 2. The summed E-state index contributed by atoms with van der Waals surface area (Å²) >= 11 is 0. The summed E-state index contributed by atoms with van der Waals surface area (Å²) in [6.07, 6.45) is -16.1. The zero-order valence-electron chi connectivity index (χ0n) is 20.7. The lowest BCUT2D eigenvalue weighted by molar-refractivity contribution is -0.311. The van der Waals surface area contributed by atoms with Crippen LogP contribution in [0, 0.1) is 17.1 Å². The molecule has 2 aromatic rings. The standard InChI is InChI=1S/C24H22F4N2O10S/c1-23(10-41(37,38)14-6-3-12(25)4-7-14,40-21-18(33)16(31)17(32)19(39-21)20(34)35)22(36)30-13-5-2-11(9-29)15(8-13)24(26,27)28/h2-8,16-19,21,31-33H,10H2,1H3,(H,30,36)(H,34,35)/t16-,17-,18+,19-,21-,23+/m0/s1. The number of carboxylic acids is 1. The zero-order chi connectivity index (χ0) is 30.9. The highest BCUT2D eigenvalue weighted by molar-refractivity contribution is 7.91. The number of amides is 1. The second-order valence-corrected chi connectivity index (χ2v) is 11.1. The van der Waals surface area contributed by atoms with Crippen LogP contribution in [0.15, 0.2) is 47.4 Å². The van der Waals surface area contributed by atoms with E-state index >= 15 is 0 Å². The van der Waals surface area contributed by atoms with Gasteiger partial charge in [-0.05, 0) is 49.4 Å². The Kier molecular flexibility index (Phi) is 9.08. The van der Waals surface area contributed by atoms with Crippen molar-refractivity contribution in [3.8, 4) is 6.07 Å². The molecule has 12 nitrogen and oxygen atoms in total. The van der Waals surface area contributed by atoms with Crippen LogP contribution < -0.4 is 5.32 Å². The number of aliphatic carboxylic acids is 1. The summed E-state index contributed by atoms with van der Waals surface area (Å²) in [5, 5.41) is 50.6. The maximum atomic E-state index is 13.4. The number of carboxylic acid groups (broad SMARTS) is 1. The van der Waals surface area contributed by atoms with E-state index in [1.807, 2.05) is 5.32 Å². The number of nitrogens with one attached hydrogen (secondary N) is 1. The number of benzene rings is 2. The molecule has 0 spiro atoms. The fourth-order valence-corrected chi connectivity index (χ4v) is 5.51. The van der Waals surface area contributed by atoms with Gasteiger partial charge in [-0.1, -0.05) is 0 Å². The molecule has 0 aromatic heterocycles. The predicted octanol–water partition coefficient (Wildman–Crippen LogP) is 0.796. The lowest BCUT2D eigenvalue weighted by Crippen LogP contribution is -2.63. The van der Waals surface area contributed by atoms with Crippen LogP contribution in [0.3, 0.4) is 0 Å². The number of nitriles is 1. The summed E-state index contributed by atoms with van der Waals surface area (Å²) in [4.78, 5) is 24.3. The largest absolute Gasteiger partial charge is 0.479 e. The maximum Gasteiger partial charge on any atom is 0.417 e. The molecule has 1 saturated heterocycles. The molecule has 0 saturated carbocycles. The van der Waals surface area contributed by atoms with Crippen molar-refractivity contribution in [2.24, 2.45) is 0 Å². The molecule has 3 rings (SSSR count). The lowest BCUT2D eigenvalue weighted by atomic mass is 9.98. The van der Waals surface area contributed by atoms with E-state index in [1.165, 1.54) is 6.07 Å². The summed E-state index contributed by atoms with van der Waals surface area (Å²) in [5.74, 6) is -5.38. The predicted molar refractivity (Wildman–Crippen MR) is 127 cm³/mol. The van der Waals surface area contributed by atoms with Crippen molar-refractivity contribution in [2.75, 3.05) is 11.1 Å². The Balaban J connectivity index is 2.03. The molecule has 0 bridgehead atoms. The van der Waals surface area contributed by atoms with Crippen molar-refractivity contribution in [1.29, 1.82) is 5.26 Å². The van der Waals surface area contributed by atoms with Crippen LogP contribution in [-0.2, 0) is 35.1 Å². The number of aliphatic hydroxyl groups is 3. The van der Waals surface area contributed by atoms with Gasteiger partial charge in [0.2, 0.25) is 0 Å². The van der Waals surface area contributed by atoms with Crippen molar-refractivity contribution >= 4 is 27.4 Å². The average molecular weight is 607 g/mol. The number of anilines is 1. The first-order valence-electron chi connectivity index (χ1n) is 11.4. The summed E-state index contributed by atoms with van der Waals surface area (Å²) in [6.45, 7) is 0.820. The van der Waals surface area contributed by atoms with Crippen LogP contribution in [0.2, 0.25) is 0 Å². The van der Waals surface area contributed by atoms with Gasteiger partial charge in [-0.25, -0.2) is 17.6 Å². The number of nitrogens with zero attached hydrogens (tertiary/aromatic N) is 1. The Labute approximate surface area is 229 Å². The van der Waals surface area contributed by atoms with E-state index in [-0.39, 0.29) is 0 Å². The number of hydrogen-bond donors (Lipinski definition) is 5. The maximum absolute atomic E-state index is 13.4. The molecule has 0 unspecified atom stereocenters. The first kappa shape index (κ1) is 31.9. The first-order valence-corrected chi connectivity index (χ1v) is 13.1. The number of carbonyl (C=O) groups excluding carboxylic acids is 1. The number of hydrogen-bond acceptors (Lipinski definition) is 10. The molecule has 1 amide bonds. The Morgan fingerprint density at radius 3 is 2.22 bits per heavy atom.